The van der Waals surface area contributed by atoms with Gasteiger partial charge in [-0.25, -0.2) is 0 Å². The highest BCUT2D eigenvalue weighted by molar-refractivity contribution is 5.00. The van der Waals surface area contributed by atoms with Crippen molar-refractivity contribution in [2.24, 2.45) is 0 Å². The van der Waals surface area contributed by atoms with E-state index in [1.54, 1.807) is 0 Å². The summed E-state index contributed by atoms with van der Waals surface area (Å²) in [4.78, 5) is 0. The lowest BCUT2D eigenvalue weighted by molar-refractivity contribution is 0.663. The Kier molecular flexibility index (Phi) is 8.20. The Morgan fingerprint density at radius 2 is 2.00 bits per heavy atom. The average Bonchev–Trinajstić information content (AvgIpc) is 2.09. The van der Waals surface area contributed by atoms with Crippen molar-refractivity contribution in [2.45, 2.75) is 52.4 Å². The van der Waals surface area contributed by atoms with Crippen molar-refractivity contribution < 1.29 is 0 Å². The molecule has 0 rings (SSSR count). The van der Waals surface area contributed by atoms with Crippen molar-refractivity contribution in [2.75, 3.05) is 0 Å². The van der Waals surface area contributed by atoms with Crippen molar-refractivity contribution in [3.63, 3.8) is 0 Å². The lowest BCUT2D eigenvalue weighted by atomic mass is 10.1. The molecule has 0 amide bonds. The van der Waals surface area contributed by atoms with Crippen molar-refractivity contribution >= 4 is 0 Å². The van der Waals surface area contributed by atoms with E-state index < -0.39 is 0 Å². The third-order valence-corrected chi connectivity index (χ3v) is 2.06. The van der Waals surface area contributed by atoms with Gasteiger partial charge in [-0.15, -0.1) is 6.58 Å². The van der Waals surface area contributed by atoms with Gasteiger partial charge in [-0.1, -0.05) is 43.9 Å². The smallest absolute Gasteiger partial charge is 0.0169 e. The summed E-state index contributed by atoms with van der Waals surface area (Å²) in [7, 11) is 0. The summed E-state index contributed by atoms with van der Waals surface area (Å²) in [5.41, 5.74) is 1.52. The van der Waals surface area contributed by atoms with E-state index in [-0.39, 0.29) is 0 Å². The zero-order valence-corrected chi connectivity index (χ0v) is 8.60. The lowest BCUT2D eigenvalue weighted by Gasteiger charge is -1.99. The Labute approximate surface area is 77.4 Å². The highest BCUT2D eigenvalue weighted by Gasteiger charge is 1.89. The molecular formula is C12H22. The van der Waals surface area contributed by atoms with E-state index in [9.17, 15) is 0 Å². The van der Waals surface area contributed by atoms with Crippen LogP contribution < -0.4 is 0 Å². The van der Waals surface area contributed by atoms with Crippen LogP contribution in [0.5, 0.6) is 0 Å². The largest absolute Gasteiger partial charge is 0.103 e. The first-order chi connectivity index (χ1) is 5.81. The first-order valence-corrected chi connectivity index (χ1v) is 5.07. The van der Waals surface area contributed by atoms with Gasteiger partial charge in [0, 0.05) is 0 Å². The van der Waals surface area contributed by atoms with Crippen LogP contribution in [0.2, 0.25) is 0 Å². The van der Waals surface area contributed by atoms with E-state index in [4.69, 9.17) is 0 Å². The molecular weight excluding hydrogens is 144 g/mol. The van der Waals surface area contributed by atoms with Crippen LogP contribution in [0.1, 0.15) is 52.4 Å². The molecule has 0 bridgehead atoms. The van der Waals surface area contributed by atoms with Crippen LogP contribution in [0.4, 0.5) is 0 Å². The Bertz CT molecular complexity index is 131. The lowest BCUT2D eigenvalue weighted by Crippen LogP contribution is -1.79. The molecule has 0 unspecified atom stereocenters. The van der Waals surface area contributed by atoms with Crippen molar-refractivity contribution in [3.05, 3.63) is 24.3 Å². The second-order valence-electron chi connectivity index (χ2n) is 3.39. The molecule has 12 heavy (non-hydrogen) atoms. The molecule has 70 valence electrons. The Morgan fingerprint density at radius 1 is 1.25 bits per heavy atom. The van der Waals surface area contributed by atoms with Gasteiger partial charge in [-0.3, -0.25) is 0 Å². The van der Waals surface area contributed by atoms with Gasteiger partial charge in [0.15, 0.2) is 0 Å². The van der Waals surface area contributed by atoms with Crippen LogP contribution in [0.25, 0.3) is 0 Å². The molecule has 0 nitrogen and oxygen atoms in total. The number of hydrogen-bond acceptors (Lipinski definition) is 0. The third kappa shape index (κ3) is 7.59. The number of allylic oxidation sites excluding steroid dienone is 3. The van der Waals surface area contributed by atoms with Crippen molar-refractivity contribution in [1.82, 2.24) is 0 Å². The maximum Gasteiger partial charge on any atom is -0.0169 e. The number of hydrogen-bond donors (Lipinski definition) is 0. The summed E-state index contributed by atoms with van der Waals surface area (Å²) in [6.07, 6.45) is 12.0. The molecule has 0 spiro atoms. The van der Waals surface area contributed by atoms with E-state index in [1.807, 2.05) is 6.08 Å². The SMILES string of the molecule is C=CC/C=C(/C)CCCCCC. The van der Waals surface area contributed by atoms with Gasteiger partial charge in [-0.2, -0.15) is 0 Å². The van der Waals surface area contributed by atoms with Crippen LogP contribution in [-0.2, 0) is 0 Å². The first kappa shape index (κ1) is 11.5. The summed E-state index contributed by atoms with van der Waals surface area (Å²) in [5.74, 6) is 0. The van der Waals surface area contributed by atoms with Crippen molar-refractivity contribution in [3.8, 4) is 0 Å². The molecule has 0 aromatic rings. The zero-order chi connectivity index (χ0) is 9.23. The molecule has 0 aliphatic heterocycles. The molecule has 0 atom stereocenters. The molecule has 0 aromatic carbocycles. The van der Waals surface area contributed by atoms with Gasteiger partial charge in [0.25, 0.3) is 0 Å². The second-order valence-corrected chi connectivity index (χ2v) is 3.39. The predicted octanol–water partition coefficient (Wildman–Crippen LogP) is 4.48. The van der Waals surface area contributed by atoms with E-state index in [2.05, 4.69) is 26.5 Å². The number of rotatable bonds is 7. The Morgan fingerprint density at radius 3 is 2.58 bits per heavy atom. The summed E-state index contributed by atoms with van der Waals surface area (Å²) >= 11 is 0. The van der Waals surface area contributed by atoms with Crippen LogP contribution in [-0.4, -0.2) is 0 Å². The first-order valence-electron chi connectivity index (χ1n) is 5.07. The maximum absolute atomic E-state index is 3.70. The van der Waals surface area contributed by atoms with Gasteiger partial charge < -0.3 is 0 Å². The van der Waals surface area contributed by atoms with Gasteiger partial charge in [0.05, 0.1) is 0 Å². The quantitative estimate of drug-likeness (QED) is 0.386. The minimum atomic E-state index is 1.03. The molecule has 0 heteroatoms. The van der Waals surface area contributed by atoms with E-state index in [0.29, 0.717) is 0 Å². The molecule has 0 saturated heterocycles. The fourth-order valence-corrected chi connectivity index (χ4v) is 1.22. The molecule has 0 aromatic heterocycles. The zero-order valence-electron chi connectivity index (χ0n) is 8.60. The monoisotopic (exact) mass is 166 g/mol. The van der Waals surface area contributed by atoms with Gasteiger partial charge >= 0.3 is 0 Å². The molecule has 0 fully saturated rings. The Balaban J connectivity index is 3.29. The second kappa shape index (κ2) is 8.58. The highest BCUT2D eigenvalue weighted by atomic mass is 14.0. The molecule has 0 aliphatic rings. The Hall–Kier alpha value is -0.520. The fourth-order valence-electron chi connectivity index (χ4n) is 1.22. The van der Waals surface area contributed by atoms with Gasteiger partial charge in [0.2, 0.25) is 0 Å². The molecule has 0 heterocycles. The molecule has 0 N–H and O–H groups in total. The van der Waals surface area contributed by atoms with Gasteiger partial charge in [0.1, 0.15) is 0 Å². The fraction of sp³-hybridized carbons (Fsp3) is 0.667. The number of unbranched alkanes of at least 4 members (excludes halogenated alkanes) is 3. The standard InChI is InChI=1S/C12H22/c1-4-6-8-9-11-12(3)10-7-5-2/h5,10H,2,4,6-9,11H2,1,3H3/b12-10-. The van der Waals surface area contributed by atoms with Crippen LogP contribution >= 0.6 is 0 Å². The summed E-state index contributed by atoms with van der Waals surface area (Å²) in [6, 6.07) is 0. The minimum absolute atomic E-state index is 1.03. The van der Waals surface area contributed by atoms with Crippen LogP contribution in [0.3, 0.4) is 0 Å². The molecule has 0 radical (unpaired) electrons. The maximum atomic E-state index is 3.70. The normalized spacial score (nSPS) is 11.7. The van der Waals surface area contributed by atoms with E-state index in [0.717, 1.165) is 6.42 Å². The molecule has 0 saturated carbocycles. The van der Waals surface area contributed by atoms with Gasteiger partial charge in [-0.05, 0) is 26.2 Å². The summed E-state index contributed by atoms with van der Waals surface area (Å²) < 4.78 is 0. The average molecular weight is 166 g/mol. The third-order valence-electron chi connectivity index (χ3n) is 2.06. The van der Waals surface area contributed by atoms with E-state index >= 15 is 0 Å². The summed E-state index contributed by atoms with van der Waals surface area (Å²) in [6.45, 7) is 8.17. The predicted molar refractivity (Wildman–Crippen MR) is 57.3 cm³/mol. The highest BCUT2D eigenvalue weighted by Crippen LogP contribution is 2.09. The topological polar surface area (TPSA) is 0 Å². The summed E-state index contributed by atoms with van der Waals surface area (Å²) in [5, 5.41) is 0. The van der Waals surface area contributed by atoms with Crippen LogP contribution in [0, 0.1) is 0 Å². The van der Waals surface area contributed by atoms with Crippen LogP contribution in [0.15, 0.2) is 24.3 Å². The molecule has 0 aliphatic carbocycles. The van der Waals surface area contributed by atoms with E-state index in [1.165, 1.54) is 37.7 Å². The van der Waals surface area contributed by atoms with Crippen molar-refractivity contribution in [1.29, 1.82) is 0 Å². The minimum Gasteiger partial charge on any atom is -0.103 e.